The van der Waals surface area contributed by atoms with E-state index in [1.807, 2.05) is 27.7 Å². The van der Waals surface area contributed by atoms with E-state index in [0.29, 0.717) is 0 Å². The Balaban J connectivity index is 1.89. The number of rotatable bonds is 18. The highest BCUT2D eigenvalue weighted by atomic mass is 32.2. The van der Waals surface area contributed by atoms with Gasteiger partial charge in [0.2, 0.25) is 10.0 Å². The second kappa shape index (κ2) is 18.6. The van der Waals surface area contributed by atoms with Crippen LogP contribution in [0.1, 0.15) is 74.1 Å². The van der Waals surface area contributed by atoms with Crippen LogP contribution in [0, 0.1) is 27.7 Å². The number of carbonyl (C=O) groups excluding carboxylic acids is 3. The average Bonchev–Trinajstić information content (AvgIpc) is 3.12. The van der Waals surface area contributed by atoms with Gasteiger partial charge in [-0.15, -0.1) is 0 Å². The van der Waals surface area contributed by atoms with Crippen LogP contribution < -0.4 is 18.9 Å². The van der Waals surface area contributed by atoms with E-state index in [9.17, 15) is 22.8 Å². The standard InChI is InChI=1S/C41H47NO11S/c1-8-48-38(43)32-18-13-28(5)21-35(32)51-24-41(42-54(46,47)31-16-11-27(4)12-17-31,25-52-36-22-29(6)14-19-33(36)39(44)49-9-2)26-53-37-23-30(7)15-20-34(37)40(45)50-10-3/h11-23,42H,8-10,24-26H2,1-7H3. The fraction of sp³-hybridized carbons (Fsp3) is 0.341. The molecule has 0 aliphatic heterocycles. The van der Waals surface area contributed by atoms with Crippen LogP contribution in [0.15, 0.2) is 83.8 Å². The highest BCUT2D eigenvalue weighted by Crippen LogP contribution is 2.29. The maximum atomic E-state index is 14.2. The molecule has 0 bridgehead atoms. The molecule has 0 heterocycles. The van der Waals surface area contributed by atoms with Gasteiger partial charge in [0.25, 0.3) is 0 Å². The lowest BCUT2D eigenvalue weighted by Crippen LogP contribution is -2.60. The van der Waals surface area contributed by atoms with Gasteiger partial charge >= 0.3 is 17.9 Å². The normalized spacial score (nSPS) is 11.4. The van der Waals surface area contributed by atoms with E-state index < -0.39 is 53.3 Å². The van der Waals surface area contributed by atoms with Gasteiger partial charge in [0.05, 0.1) is 24.7 Å². The van der Waals surface area contributed by atoms with Crippen molar-refractivity contribution in [1.82, 2.24) is 4.72 Å². The average molecular weight is 762 g/mol. The summed E-state index contributed by atoms with van der Waals surface area (Å²) in [5, 5.41) is 0. The summed E-state index contributed by atoms with van der Waals surface area (Å²) in [5.74, 6) is -1.54. The topological polar surface area (TPSA) is 153 Å². The lowest BCUT2D eigenvalue weighted by Gasteiger charge is -2.34. The number of hydrogen-bond acceptors (Lipinski definition) is 11. The third-order valence-electron chi connectivity index (χ3n) is 8.09. The maximum absolute atomic E-state index is 14.2. The SMILES string of the molecule is CCOC(=O)c1ccc(C)cc1OCC(COc1cc(C)ccc1C(=O)OCC)(COc1cc(C)ccc1C(=O)OCC)NS(=O)(=O)c1ccc(C)cc1. The zero-order valence-corrected chi connectivity index (χ0v) is 32.5. The number of carbonyl (C=O) groups is 3. The molecule has 4 aromatic carbocycles. The quantitative estimate of drug-likeness (QED) is 0.0851. The number of nitrogens with one attached hydrogen (secondary N) is 1. The van der Waals surface area contributed by atoms with Crippen molar-refractivity contribution in [2.24, 2.45) is 0 Å². The van der Waals surface area contributed by atoms with Crippen LogP contribution in [-0.2, 0) is 24.2 Å². The van der Waals surface area contributed by atoms with Crippen LogP contribution in [0.2, 0.25) is 0 Å². The van der Waals surface area contributed by atoms with E-state index >= 15 is 0 Å². The van der Waals surface area contributed by atoms with Crippen molar-refractivity contribution < 1.29 is 51.2 Å². The Kier molecular flexibility index (Phi) is 14.2. The lowest BCUT2D eigenvalue weighted by atomic mass is 10.0. The number of esters is 3. The van der Waals surface area contributed by atoms with Gasteiger partial charge < -0.3 is 28.4 Å². The summed E-state index contributed by atoms with van der Waals surface area (Å²) in [4.78, 5) is 38.9. The summed E-state index contributed by atoms with van der Waals surface area (Å²) in [7, 11) is -4.34. The van der Waals surface area contributed by atoms with Crippen LogP contribution in [0.25, 0.3) is 0 Å². The molecule has 0 radical (unpaired) electrons. The third-order valence-corrected chi connectivity index (χ3v) is 9.69. The molecule has 54 heavy (non-hydrogen) atoms. The lowest BCUT2D eigenvalue weighted by molar-refractivity contribution is 0.0513. The second-order valence-electron chi connectivity index (χ2n) is 12.7. The van der Waals surface area contributed by atoms with E-state index in [1.54, 1.807) is 87.5 Å². The Hall–Kier alpha value is -5.40. The van der Waals surface area contributed by atoms with Gasteiger partial charge in [0.15, 0.2) is 0 Å². The molecule has 0 fully saturated rings. The summed E-state index contributed by atoms with van der Waals surface area (Å²) in [5.41, 5.74) is 1.67. The zero-order valence-electron chi connectivity index (χ0n) is 31.6. The van der Waals surface area contributed by atoms with Gasteiger partial charge in [-0.25, -0.2) is 22.8 Å². The van der Waals surface area contributed by atoms with Gasteiger partial charge in [0, 0.05) is 0 Å². The summed E-state index contributed by atoms with van der Waals surface area (Å²) in [6, 6.07) is 21.0. The van der Waals surface area contributed by atoms with Crippen LogP contribution in [0.3, 0.4) is 0 Å². The molecular weight excluding hydrogens is 715 g/mol. The predicted molar refractivity (Wildman–Crippen MR) is 202 cm³/mol. The fourth-order valence-electron chi connectivity index (χ4n) is 5.30. The number of aryl methyl sites for hydroxylation is 4. The van der Waals surface area contributed by atoms with Crippen molar-refractivity contribution in [3.05, 3.63) is 118 Å². The first-order valence-corrected chi connectivity index (χ1v) is 19.0. The van der Waals surface area contributed by atoms with Gasteiger partial charge in [-0.1, -0.05) is 35.9 Å². The predicted octanol–water partition coefficient (Wildman–Crippen LogP) is 6.70. The molecule has 0 unspecified atom stereocenters. The molecule has 0 amide bonds. The summed E-state index contributed by atoms with van der Waals surface area (Å²) in [6.45, 7) is 11.3. The molecule has 0 atom stereocenters. The van der Waals surface area contributed by atoms with Crippen molar-refractivity contribution in [2.75, 3.05) is 39.6 Å². The van der Waals surface area contributed by atoms with Gasteiger partial charge in [-0.05, 0) is 114 Å². The Bertz CT molecular complexity index is 1890. The molecule has 0 aliphatic rings. The molecule has 0 aliphatic carbocycles. The molecule has 12 nitrogen and oxygen atoms in total. The second-order valence-corrected chi connectivity index (χ2v) is 14.4. The minimum atomic E-state index is -4.34. The van der Waals surface area contributed by atoms with Crippen molar-refractivity contribution >= 4 is 27.9 Å². The molecule has 0 saturated heterocycles. The Morgan fingerprint density at radius 3 is 1.15 bits per heavy atom. The van der Waals surface area contributed by atoms with Crippen LogP contribution in [0.5, 0.6) is 17.2 Å². The number of sulfonamides is 1. The first-order chi connectivity index (χ1) is 25.7. The molecule has 1 N–H and O–H groups in total. The highest BCUT2D eigenvalue weighted by molar-refractivity contribution is 7.89. The summed E-state index contributed by atoms with van der Waals surface area (Å²) >= 11 is 0. The van der Waals surface area contributed by atoms with E-state index in [4.69, 9.17) is 28.4 Å². The van der Waals surface area contributed by atoms with Gasteiger partial charge in [0.1, 0.15) is 59.3 Å². The van der Waals surface area contributed by atoms with Gasteiger partial charge in [-0.2, -0.15) is 4.72 Å². The molecule has 0 spiro atoms. The van der Waals surface area contributed by atoms with Crippen molar-refractivity contribution in [1.29, 1.82) is 0 Å². The monoisotopic (exact) mass is 761 g/mol. The Labute approximate surface area is 316 Å². The van der Waals surface area contributed by atoms with Crippen molar-refractivity contribution in [3.8, 4) is 17.2 Å². The molecule has 0 aromatic heterocycles. The Morgan fingerprint density at radius 2 is 0.833 bits per heavy atom. The minimum Gasteiger partial charge on any atom is -0.490 e. The first kappa shape index (κ1) is 41.4. The molecule has 288 valence electrons. The molecule has 4 aromatic rings. The Morgan fingerprint density at radius 1 is 0.519 bits per heavy atom. The largest absolute Gasteiger partial charge is 0.490 e. The van der Waals surface area contributed by atoms with Crippen LogP contribution in [-0.4, -0.2) is 71.5 Å². The van der Waals surface area contributed by atoms with E-state index in [-0.39, 0.29) is 58.7 Å². The summed E-state index contributed by atoms with van der Waals surface area (Å²) in [6.07, 6.45) is 0. The van der Waals surface area contributed by atoms with Crippen molar-refractivity contribution in [3.63, 3.8) is 0 Å². The number of ether oxygens (including phenoxy) is 6. The smallest absolute Gasteiger partial charge is 0.341 e. The summed E-state index contributed by atoms with van der Waals surface area (Å²) < 4.78 is 66.0. The third kappa shape index (κ3) is 10.8. The number of benzene rings is 4. The van der Waals surface area contributed by atoms with Crippen LogP contribution in [0.4, 0.5) is 0 Å². The number of hydrogen-bond donors (Lipinski definition) is 1. The first-order valence-electron chi connectivity index (χ1n) is 17.5. The minimum absolute atomic E-state index is 0.0502. The maximum Gasteiger partial charge on any atom is 0.341 e. The van der Waals surface area contributed by atoms with E-state index in [1.165, 1.54) is 12.1 Å². The highest BCUT2D eigenvalue weighted by Gasteiger charge is 2.40. The van der Waals surface area contributed by atoms with Crippen molar-refractivity contribution in [2.45, 2.75) is 58.9 Å². The molecule has 13 heteroatoms. The van der Waals surface area contributed by atoms with Gasteiger partial charge in [-0.3, -0.25) is 0 Å². The van der Waals surface area contributed by atoms with E-state index in [0.717, 1.165) is 22.3 Å². The zero-order chi connectivity index (χ0) is 39.5. The molecule has 0 saturated carbocycles. The van der Waals surface area contributed by atoms with Crippen LogP contribution >= 0.6 is 0 Å². The fourth-order valence-corrected chi connectivity index (χ4v) is 6.66. The molecular formula is C41H47NO11S. The van der Waals surface area contributed by atoms with E-state index in [2.05, 4.69) is 4.72 Å². The molecule has 4 rings (SSSR count).